The third-order valence-corrected chi connectivity index (χ3v) is 5.30. The van der Waals surface area contributed by atoms with E-state index >= 15 is 0 Å². The van der Waals surface area contributed by atoms with Crippen LogP contribution in [-0.4, -0.2) is 51.8 Å². The number of nitrogens with zero attached hydrogens (tertiary/aromatic N) is 3. The molecule has 0 radical (unpaired) electrons. The van der Waals surface area contributed by atoms with Crippen LogP contribution in [0.1, 0.15) is 39.7 Å². The minimum absolute atomic E-state index is 0.0272. The maximum atomic E-state index is 13.0. The quantitative estimate of drug-likeness (QED) is 0.674. The molecule has 1 unspecified atom stereocenters. The van der Waals surface area contributed by atoms with E-state index < -0.39 is 0 Å². The molecule has 162 valence electrons. The Bertz CT molecular complexity index is 859. The van der Waals surface area contributed by atoms with E-state index in [-0.39, 0.29) is 35.9 Å². The number of halogens is 1. The number of hydrogen-bond donors (Lipinski definition) is 3. The number of carbonyl (C=O) groups excluding carboxylic acids is 2. The Hall–Kier alpha value is -2.94. The minimum atomic E-state index is -0.347. The molecule has 3 N–H and O–H groups in total. The van der Waals surface area contributed by atoms with Gasteiger partial charge in [0.1, 0.15) is 11.6 Å². The third-order valence-electron chi connectivity index (χ3n) is 5.30. The first-order valence-electron chi connectivity index (χ1n) is 10.2. The van der Waals surface area contributed by atoms with Gasteiger partial charge in [-0.2, -0.15) is 5.10 Å². The summed E-state index contributed by atoms with van der Waals surface area (Å²) in [5, 5.41) is 12.8. The first-order chi connectivity index (χ1) is 14.3. The minimum Gasteiger partial charge on any atom is -0.335 e. The molecule has 0 spiro atoms. The van der Waals surface area contributed by atoms with E-state index in [9.17, 15) is 14.0 Å². The van der Waals surface area contributed by atoms with E-state index in [2.05, 4.69) is 25.9 Å². The maximum Gasteiger partial charge on any atom is 0.319 e. The number of anilines is 2. The van der Waals surface area contributed by atoms with Crippen LogP contribution in [0.2, 0.25) is 0 Å². The molecule has 1 aromatic carbocycles. The predicted octanol–water partition coefficient (Wildman–Crippen LogP) is 3.22. The Labute approximate surface area is 175 Å². The number of benzene rings is 1. The van der Waals surface area contributed by atoms with Crippen molar-refractivity contribution >= 4 is 23.4 Å². The maximum absolute atomic E-state index is 13.0. The van der Waals surface area contributed by atoms with Crippen molar-refractivity contribution in [2.75, 3.05) is 23.7 Å². The number of carbonyl (C=O) groups is 2. The lowest BCUT2D eigenvalue weighted by molar-refractivity contribution is -0.121. The number of likely N-dealkylation sites (tertiary alicyclic amines) is 1. The zero-order chi connectivity index (χ0) is 21.7. The van der Waals surface area contributed by atoms with Gasteiger partial charge in [-0.25, -0.2) is 13.9 Å². The number of rotatable bonds is 6. The van der Waals surface area contributed by atoms with Crippen molar-refractivity contribution in [2.24, 2.45) is 0 Å². The molecule has 30 heavy (non-hydrogen) atoms. The fraction of sp³-hybridized carbons (Fsp3) is 0.476. The summed E-state index contributed by atoms with van der Waals surface area (Å²) in [4.78, 5) is 26.9. The Morgan fingerprint density at radius 2 is 1.73 bits per heavy atom. The van der Waals surface area contributed by atoms with E-state index in [0.29, 0.717) is 24.6 Å². The average Bonchev–Trinajstić information content (AvgIpc) is 3.18. The zero-order valence-corrected chi connectivity index (χ0v) is 17.6. The number of hydrogen-bond acceptors (Lipinski definition) is 4. The molecule has 0 aliphatic carbocycles. The molecule has 1 fully saturated rings. The van der Waals surface area contributed by atoms with Crippen molar-refractivity contribution in [1.29, 1.82) is 0 Å². The number of nitrogens with one attached hydrogen (secondary N) is 3. The Morgan fingerprint density at radius 3 is 2.37 bits per heavy atom. The van der Waals surface area contributed by atoms with Gasteiger partial charge in [0.2, 0.25) is 5.91 Å². The second-order valence-corrected chi connectivity index (χ2v) is 7.84. The highest BCUT2D eigenvalue weighted by molar-refractivity contribution is 5.93. The summed E-state index contributed by atoms with van der Waals surface area (Å²) < 4.78 is 14.7. The summed E-state index contributed by atoms with van der Waals surface area (Å²) in [5.41, 5.74) is 0.539. The summed E-state index contributed by atoms with van der Waals surface area (Å²) in [7, 11) is 0. The Balaban J connectivity index is 1.45. The van der Waals surface area contributed by atoms with Gasteiger partial charge in [0, 0.05) is 36.9 Å². The number of amides is 3. The van der Waals surface area contributed by atoms with Gasteiger partial charge in [0.25, 0.3) is 0 Å². The van der Waals surface area contributed by atoms with E-state index in [0.717, 1.165) is 12.8 Å². The summed E-state index contributed by atoms with van der Waals surface area (Å²) in [6.07, 6.45) is 3.17. The number of piperidine rings is 1. The van der Waals surface area contributed by atoms with Gasteiger partial charge in [-0.1, -0.05) is 0 Å². The summed E-state index contributed by atoms with van der Waals surface area (Å²) in [5.74, 6) is 0.272. The largest absolute Gasteiger partial charge is 0.335 e. The molecular weight excluding hydrogens is 387 g/mol. The van der Waals surface area contributed by atoms with Crippen molar-refractivity contribution in [2.45, 2.75) is 51.7 Å². The van der Waals surface area contributed by atoms with Gasteiger partial charge >= 0.3 is 6.03 Å². The number of aromatic nitrogens is 2. The second-order valence-electron chi connectivity index (χ2n) is 7.84. The lowest BCUT2D eigenvalue weighted by Gasteiger charge is -2.35. The fourth-order valence-corrected chi connectivity index (χ4v) is 3.54. The van der Waals surface area contributed by atoms with Gasteiger partial charge in [-0.3, -0.25) is 9.69 Å². The van der Waals surface area contributed by atoms with Crippen molar-refractivity contribution in [1.82, 2.24) is 20.0 Å². The zero-order valence-electron chi connectivity index (χ0n) is 17.6. The lowest BCUT2D eigenvalue weighted by Crippen LogP contribution is -2.51. The van der Waals surface area contributed by atoms with Gasteiger partial charge in [0.05, 0.1) is 12.2 Å². The molecule has 8 nitrogen and oxygen atoms in total. The standard InChI is InChI=1S/C21H29FN6O2/c1-14(2)28-19(8-11-23-28)26-20(29)15(3)27-12-9-18(10-13-27)25-21(30)24-17-6-4-16(22)5-7-17/h4-8,11,14-15,18H,9-10,12-13H2,1-3H3,(H,26,29)(H2,24,25,30). The van der Waals surface area contributed by atoms with Crippen LogP contribution >= 0.6 is 0 Å². The molecule has 3 amide bonds. The van der Waals surface area contributed by atoms with Gasteiger partial charge in [-0.05, 0) is 57.9 Å². The molecule has 1 saturated heterocycles. The van der Waals surface area contributed by atoms with Crippen molar-refractivity contribution in [3.63, 3.8) is 0 Å². The SMILES string of the molecule is CC(C(=O)Nc1ccnn1C(C)C)N1CCC(NC(=O)Nc2ccc(F)cc2)CC1. The lowest BCUT2D eigenvalue weighted by atomic mass is 10.0. The van der Waals surface area contributed by atoms with Crippen molar-refractivity contribution in [3.8, 4) is 0 Å². The summed E-state index contributed by atoms with van der Waals surface area (Å²) >= 11 is 0. The molecule has 2 aromatic rings. The smallest absolute Gasteiger partial charge is 0.319 e. The van der Waals surface area contributed by atoms with Crippen LogP contribution in [0.15, 0.2) is 36.5 Å². The molecule has 2 heterocycles. The van der Waals surface area contributed by atoms with Crippen LogP contribution in [0.5, 0.6) is 0 Å². The third kappa shape index (κ3) is 5.56. The average molecular weight is 417 g/mol. The van der Waals surface area contributed by atoms with Crippen molar-refractivity contribution < 1.29 is 14.0 Å². The van der Waals surface area contributed by atoms with Crippen LogP contribution in [0.4, 0.5) is 20.7 Å². The Kier molecular flexibility index (Phi) is 7.04. The van der Waals surface area contributed by atoms with Gasteiger partial charge in [0.15, 0.2) is 0 Å². The molecule has 3 rings (SSSR count). The highest BCUT2D eigenvalue weighted by Crippen LogP contribution is 2.17. The molecule has 9 heteroatoms. The normalized spacial score (nSPS) is 16.3. The molecule has 0 bridgehead atoms. The fourth-order valence-electron chi connectivity index (χ4n) is 3.54. The number of urea groups is 1. The van der Waals surface area contributed by atoms with E-state index in [4.69, 9.17) is 0 Å². The molecule has 1 aliphatic rings. The molecule has 0 saturated carbocycles. The summed E-state index contributed by atoms with van der Waals surface area (Å²) in [6, 6.07) is 7.02. The Morgan fingerprint density at radius 1 is 1.07 bits per heavy atom. The first-order valence-corrected chi connectivity index (χ1v) is 10.2. The predicted molar refractivity (Wildman–Crippen MR) is 114 cm³/mol. The second kappa shape index (κ2) is 9.71. The molecule has 1 aliphatic heterocycles. The van der Waals surface area contributed by atoms with Crippen LogP contribution in [0, 0.1) is 5.82 Å². The summed E-state index contributed by atoms with van der Waals surface area (Å²) in [6.45, 7) is 7.33. The highest BCUT2D eigenvalue weighted by atomic mass is 19.1. The monoisotopic (exact) mass is 416 g/mol. The van der Waals surface area contributed by atoms with E-state index in [1.54, 1.807) is 16.9 Å². The first kappa shape index (κ1) is 21.8. The van der Waals surface area contributed by atoms with Crippen LogP contribution in [0.3, 0.4) is 0 Å². The van der Waals surface area contributed by atoms with Gasteiger partial charge in [-0.15, -0.1) is 0 Å². The van der Waals surface area contributed by atoms with Crippen molar-refractivity contribution in [3.05, 3.63) is 42.3 Å². The van der Waals surface area contributed by atoms with Gasteiger partial charge < -0.3 is 16.0 Å². The van der Waals surface area contributed by atoms with Crippen LogP contribution < -0.4 is 16.0 Å². The van der Waals surface area contributed by atoms with Crippen LogP contribution in [0.25, 0.3) is 0 Å². The van der Waals surface area contributed by atoms with Crippen LogP contribution in [-0.2, 0) is 4.79 Å². The van der Waals surface area contributed by atoms with E-state index in [1.807, 2.05) is 20.8 Å². The van der Waals surface area contributed by atoms with E-state index in [1.165, 1.54) is 24.3 Å². The molecule has 1 atom stereocenters. The topological polar surface area (TPSA) is 91.3 Å². The molecule has 1 aromatic heterocycles. The highest BCUT2D eigenvalue weighted by Gasteiger charge is 2.28. The molecular formula is C21H29FN6O2.